The van der Waals surface area contributed by atoms with Gasteiger partial charge in [0.15, 0.2) is 0 Å². The number of carbonyl (C=O) groups is 1. The number of ether oxygens (including phenoxy) is 1. The third kappa shape index (κ3) is 4.39. The first-order valence-electron chi connectivity index (χ1n) is 7.39. The number of aromatic nitrogens is 1. The van der Waals surface area contributed by atoms with Crippen LogP contribution in [0.15, 0.2) is 24.3 Å². The van der Waals surface area contributed by atoms with Crippen molar-refractivity contribution in [3.05, 3.63) is 40.4 Å². The quantitative estimate of drug-likeness (QED) is 0.798. The maximum atomic E-state index is 12.0. The van der Waals surface area contributed by atoms with E-state index >= 15 is 0 Å². The van der Waals surface area contributed by atoms with Gasteiger partial charge in [-0.25, -0.2) is 4.98 Å². The van der Waals surface area contributed by atoms with Crippen molar-refractivity contribution >= 4 is 17.2 Å². The molecule has 0 aliphatic carbocycles. The van der Waals surface area contributed by atoms with Gasteiger partial charge in [-0.2, -0.15) is 0 Å². The van der Waals surface area contributed by atoms with Crippen molar-refractivity contribution in [3.63, 3.8) is 0 Å². The fourth-order valence-electron chi connectivity index (χ4n) is 2.17. The van der Waals surface area contributed by atoms with Gasteiger partial charge < -0.3 is 10.1 Å². The molecule has 5 heteroatoms. The van der Waals surface area contributed by atoms with Crippen LogP contribution < -0.4 is 5.32 Å². The largest absolute Gasteiger partial charge is 0.385 e. The molecule has 1 amide bonds. The number of hydrogen-bond donors (Lipinski definition) is 1. The van der Waals surface area contributed by atoms with Crippen LogP contribution in [-0.2, 0) is 16.0 Å². The molecule has 1 aromatic heterocycles. The van der Waals surface area contributed by atoms with Gasteiger partial charge in [0.25, 0.3) is 0 Å². The smallest absolute Gasteiger partial charge is 0.225 e. The molecule has 0 saturated carbocycles. The van der Waals surface area contributed by atoms with E-state index in [1.54, 1.807) is 18.4 Å². The first-order valence-corrected chi connectivity index (χ1v) is 8.21. The molecule has 0 spiro atoms. The highest BCUT2D eigenvalue weighted by molar-refractivity contribution is 7.15. The molecule has 1 N–H and O–H groups in total. The molecule has 2 aromatic rings. The second-order valence-corrected chi connectivity index (χ2v) is 6.30. The molecule has 0 fully saturated rings. The Morgan fingerprint density at radius 2 is 2.09 bits per heavy atom. The van der Waals surface area contributed by atoms with Crippen molar-refractivity contribution in [1.82, 2.24) is 10.3 Å². The van der Waals surface area contributed by atoms with Gasteiger partial charge >= 0.3 is 0 Å². The van der Waals surface area contributed by atoms with E-state index in [0.29, 0.717) is 19.6 Å². The van der Waals surface area contributed by atoms with E-state index in [1.165, 1.54) is 5.56 Å². The molecule has 0 aliphatic heterocycles. The van der Waals surface area contributed by atoms with Gasteiger partial charge in [-0.15, -0.1) is 11.3 Å². The summed E-state index contributed by atoms with van der Waals surface area (Å²) in [5.41, 5.74) is 3.28. The van der Waals surface area contributed by atoms with Crippen LogP contribution in [0, 0.1) is 13.8 Å². The summed E-state index contributed by atoms with van der Waals surface area (Å²) in [5, 5.41) is 3.90. The van der Waals surface area contributed by atoms with Crippen LogP contribution in [0.3, 0.4) is 0 Å². The van der Waals surface area contributed by atoms with Crippen molar-refractivity contribution in [2.45, 2.75) is 26.7 Å². The Balaban J connectivity index is 2.01. The van der Waals surface area contributed by atoms with Gasteiger partial charge in [0.2, 0.25) is 5.91 Å². The predicted octanol–water partition coefficient (Wildman–Crippen LogP) is 3.12. The number of aryl methyl sites for hydroxylation is 2. The number of thiazole rings is 1. The highest BCUT2D eigenvalue weighted by Crippen LogP contribution is 2.30. The van der Waals surface area contributed by atoms with Crippen molar-refractivity contribution in [2.24, 2.45) is 0 Å². The standard InChI is InChI=1S/C17H22N2O2S/c1-12-7-4-5-8-14(12)17-19-13(2)15(22-17)11-16(20)18-9-6-10-21-3/h4-5,7-8H,6,9-11H2,1-3H3,(H,18,20). The van der Waals surface area contributed by atoms with E-state index in [4.69, 9.17) is 4.74 Å². The molecule has 0 saturated heterocycles. The van der Waals surface area contributed by atoms with Gasteiger partial charge in [-0.1, -0.05) is 24.3 Å². The molecular weight excluding hydrogens is 296 g/mol. The second-order valence-electron chi connectivity index (χ2n) is 5.22. The Morgan fingerprint density at radius 1 is 1.32 bits per heavy atom. The molecule has 0 atom stereocenters. The van der Waals surface area contributed by atoms with E-state index in [2.05, 4.69) is 29.4 Å². The average Bonchev–Trinajstić information content (AvgIpc) is 2.85. The predicted molar refractivity (Wildman–Crippen MR) is 90.2 cm³/mol. The third-order valence-electron chi connectivity index (χ3n) is 3.44. The lowest BCUT2D eigenvalue weighted by molar-refractivity contribution is -0.120. The first kappa shape index (κ1) is 16.6. The van der Waals surface area contributed by atoms with E-state index in [9.17, 15) is 4.79 Å². The zero-order chi connectivity index (χ0) is 15.9. The van der Waals surface area contributed by atoms with E-state index in [-0.39, 0.29) is 5.91 Å². The first-order chi connectivity index (χ1) is 10.6. The summed E-state index contributed by atoms with van der Waals surface area (Å²) >= 11 is 1.60. The maximum absolute atomic E-state index is 12.0. The van der Waals surface area contributed by atoms with Gasteiger partial charge in [-0.05, 0) is 25.8 Å². The van der Waals surface area contributed by atoms with Crippen LogP contribution in [0.4, 0.5) is 0 Å². The minimum absolute atomic E-state index is 0.0409. The SMILES string of the molecule is COCCCNC(=O)Cc1sc(-c2ccccc2C)nc1C. The fourth-order valence-corrected chi connectivity index (χ4v) is 3.32. The molecule has 0 bridgehead atoms. The number of nitrogens with one attached hydrogen (secondary N) is 1. The summed E-state index contributed by atoms with van der Waals surface area (Å²) in [5.74, 6) is 0.0409. The van der Waals surface area contributed by atoms with Gasteiger partial charge in [0, 0.05) is 30.7 Å². The van der Waals surface area contributed by atoms with E-state index < -0.39 is 0 Å². The van der Waals surface area contributed by atoms with Crippen molar-refractivity contribution in [1.29, 1.82) is 0 Å². The van der Waals surface area contributed by atoms with Gasteiger partial charge in [0.05, 0.1) is 12.1 Å². The molecule has 1 aromatic carbocycles. The van der Waals surface area contributed by atoms with Crippen LogP contribution in [0.25, 0.3) is 10.6 Å². The molecule has 0 aliphatic rings. The fraction of sp³-hybridized carbons (Fsp3) is 0.412. The third-order valence-corrected chi connectivity index (χ3v) is 4.63. The zero-order valence-corrected chi connectivity index (χ0v) is 14.1. The molecule has 0 radical (unpaired) electrons. The maximum Gasteiger partial charge on any atom is 0.225 e. The molecular formula is C17H22N2O2S. The minimum Gasteiger partial charge on any atom is -0.385 e. The highest BCUT2D eigenvalue weighted by Gasteiger charge is 2.13. The molecule has 2 rings (SSSR count). The van der Waals surface area contributed by atoms with E-state index in [1.807, 2.05) is 19.1 Å². The lowest BCUT2D eigenvalue weighted by Gasteiger charge is -2.03. The van der Waals surface area contributed by atoms with Crippen molar-refractivity contribution < 1.29 is 9.53 Å². The van der Waals surface area contributed by atoms with Crippen molar-refractivity contribution in [3.8, 4) is 10.6 Å². The summed E-state index contributed by atoms with van der Waals surface area (Å²) in [6.45, 7) is 5.35. The zero-order valence-electron chi connectivity index (χ0n) is 13.3. The number of hydrogen-bond acceptors (Lipinski definition) is 4. The number of methoxy groups -OCH3 is 1. The normalized spacial score (nSPS) is 10.7. The molecule has 118 valence electrons. The topological polar surface area (TPSA) is 51.2 Å². The van der Waals surface area contributed by atoms with Gasteiger partial charge in [0.1, 0.15) is 5.01 Å². The Morgan fingerprint density at radius 3 is 2.82 bits per heavy atom. The summed E-state index contributed by atoms with van der Waals surface area (Å²) in [4.78, 5) is 17.6. The van der Waals surface area contributed by atoms with Gasteiger partial charge in [-0.3, -0.25) is 4.79 Å². The van der Waals surface area contributed by atoms with Crippen molar-refractivity contribution in [2.75, 3.05) is 20.3 Å². The second kappa shape index (κ2) is 8.06. The Hall–Kier alpha value is -1.72. The van der Waals surface area contributed by atoms with Crippen LogP contribution in [0.2, 0.25) is 0 Å². The summed E-state index contributed by atoms with van der Waals surface area (Å²) < 4.78 is 4.97. The average molecular weight is 318 g/mol. The lowest BCUT2D eigenvalue weighted by atomic mass is 10.1. The summed E-state index contributed by atoms with van der Waals surface area (Å²) in [6, 6.07) is 8.19. The Labute approximate surface area is 135 Å². The molecule has 1 heterocycles. The molecule has 22 heavy (non-hydrogen) atoms. The van der Waals surface area contributed by atoms with Crippen LogP contribution in [0.5, 0.6) is 0 Å². The summed E-state index contributed by atoms with van der Waals surface area (Å²) in [6.07, 6.45) is 1.22. The number of benzene rings is 1. The monoisotopic (exact) mass is 318 g/mol. The van der Waals surface area contributed by atoms with Crippen LogP contribution in [-0.4, -0.2) is 31.2 Å². The highest BCUT2D eigenvalue weighted by atomic mass is 32.1. The number of rotatable bonds is 7. The summed E-state index contributed by atoms with van der Waals surface area (Å²) in [7, 11) is 1.66. The number of nitrogens with zero attached hydrogens (tertiary/aromatic N) is 1. The Bertz CT molecular complexity index is 637. The Kier molecular flexibility index (Phi) is 6.10. The lowest BCUT2D eigenvalue weighted by Crippen LogP contribution is -2.26. The minimum atomic E-state index is 0.0409. The van der Waals surface area contributed by atoms with Crippen LogP contribution in [0.1, 0.15) is 22.6 Å². The van der Waals surface area contributed by atoms with Crippen LogP contribution >= 0.6 is 11.3 Å². The molecule has 4 nitrogen and oxygen atoms in total. The van der Waals surface area contributed by atoms with E-state index in [0.717, 1.165) is 27.6 Å². The number of carbonyl (C=O) groups excluding carboxylic acids is 1. The number of amides is 1. The molecule has 0 unspecified atom stereocenters.